The molecule has 3 rings (SSSR count). The van der Waals surface area contributed by atoms with Crippen LogP contribution in [0.5, 0.6) is 0 Å². The quantitative estimate of drug-likeness (QED) is 0.898. The highest BCUT2D eigenvalue weighted by Gasteiger charge is 2.29. The second-order valence-electron chi connectivity index (χ2n) is 5.31. The fraction of sp³-hybridized carbons (Fsp3) is 0.176. The Morgan fingerprint density at radius 2 is 1.59 bits per heavy atom. The zero-order valence-electron chi connectivity index (χ0n) is 11.8. The Labute approximate surface area is 133 Å². The van der Waals surface area contributed by atoms with Crippen molar-refractivity contribution in [2.24, 2.45) is 5.92 Å². The monoisotopic (exact) mass is 314 g/mol. The predicted molar refractivity (Wildman–Crippen MR) is 87.2 cm³/mol. The van der Waals surface area contributed by atoms with Crippen LogP contribution < -0.4 is 10.6 Å². The molecule has 0 aromatic heterocycles. The Kier molecular flexibility index (Phi) is 4.11. The Bertz CT molecular complexity index is 709. The standard InChI is InChI=1S/C17H15ClN2O2/c18-13-8-6-12(7-9-13)17(22)20-15-3-1-2-14(10-15)19-16(21)11-4-5-11/h1-3,6-11H,4-5H2,(H,19,21)(H,20,22). The molecule has 0 radical (unpaired) electrons. The van der Waals surface area contributed by atoms with Crippen LogP contribution in [-0.2, 0) is 4.79 Å². The summed E-state index contributed by atoms with van der Waals surface area (Å²) in [6.07, 6.45) is 1.91. The van der Waals surface area contributed by atoms with Crippen LogP contribution in [-0.4, -0.2) is 11.8 Å². The third-order valence-electron chi connectivity index (χ3n) is 3.44. The van der Waals surface area contributed by atoms with Crippen LogP contribution in [0, 0.1) is 5.92 Å². The Morgan fingerprint density at radius 3 is 2.23 bits per heavy atom. The fourth-order valence-corrected chi connectivity index (χ4v) is 2.20. The lowest BCUT2D eigenvalue weighted by molar-refractivity contribution is -0.117. The van der Waals surface area contributed by atoms with Gasteiger partial charge < -0.3 is 10.6 Å². The van der Waals surface area contributed by atoms with Crippen molar-refractivity contribution < 1.29 is 9.59 Å². The van der Waals surface area contributed by atoms with Gasteiger partial charge in [0, 0.05) is 27.9 Å². The van der Waals surface area contributed by atoms with E-state index in [4.69, 9.17) is 11.6 Å². The van der Waals surface area contributed by atoms with E-state index >= 15 is 0 Å². The van der Waals surface area contributed by atoms with E-state index in [0.717, 1.165) is 12.8 Å². The molecule has 22 heavy (non-hydrogen) atoms. The summed E-state index contributed by atoms with van der Waals surface area (Å²) in [6, 6.07) is 13.8. The first-order valence-corrected chi connectivity index (χ1v) is 7.47. The van der Waals surface area contributed by atoms with Gasteiger partial charge in [0.15, 0.2) is 0 Å². The predicted octanol–water partition coefficient (Wildman–Crippen LogP) is 3.94. The van der Waals surface area contributed by atoms with Crippen LogP contribution >= 0.6 is 11.6 Å². The minimum Gasteiger partial charge on any atom is -0.326 e. The molecule has 1 fully saturated rings. The lowest BCUT2D eigenvalue weighted by atomic mass is 10.2. The van der Waals surface area contributed by atoms with E-state index in [9.17, 15) is 9.59 Å². The highest BCUT2D eigenvalue weighted by atomic mass is 35.5. The molecule has 5 heteroatoms. The molecule has 0 heterocycles. The third-order valence-corrected chi connectivity index (χ3v) is 3.69. The van der Waals surface area contributed by atoms with Crippen LogP contribution in [0.2, 0.25) is 5.02 Å². The van der Waals surface area contributed by atoms with Gasteiger partial charge in [-0.25, -0.2) is 0 Å². The van der Waals surface area contributed by atoms with Gasteiger partial charge in [-0.05, 0) is 55.3 Å². The number of halogens is 1. The summed E-state index contributed by atoms with van der Waals surface area (Å²) in [6.45, 7) is 0. The molecule has 0 saturated heterocycles. The van der Waals surface area contributed by atoms with Gasteiger partial charge in [0.1, 0.15) is 0 Å². The van der Waals surface area contributed by atoms with Crippen LogP contribution in [0.4, 0.5) is 11.4 Å². The maximum absolute atomic E-state index is 12.1. The van der Waals surface area contributed by atoms with Crippen LogP contribution in [0.3, 0.4) is 0 Å². The van der Waals surface area contributed by atoms with Crippen LogP contribution in [0.25, 0.3) is 0 Å². The minimum absolute atomic E-state index is 0.0428. The van der Waals surface area contributed by atoms with Gasteiger partial charge in [-0.1, -0.05) is 17.7 Å². The Balaban J connectivity index is 1.67. The number of anilines is 2. The molecule has 2 N–H and O–H groups in total. The molecule has 0 bridgehead atoms. The van der Waals surface area contributed by atoms with E-state index in [0.29, 0.717) is 22.0 Å². The van der Waals surface area contributed by atoms with E-state index in [2.05, 4.69) is 10.6 Å². The number of nitrogens with one attached hydrogen (secondary N) is 2. The van der Waals surface area contributed by atoms with Crippen molar-refractivity contribution in [2.75, 3.05) is 10.6 Å². The average Bonchev–Trinajstić information content (AvgIpc) is 3.33. The van der Waals surface area contributed by atoms with Crippen LogP contribution in [0.15, 0.2) is 48.5 Å². The highest BCUT2D eigenvalue weighted by Crippen LogP contribution is 2.30. The fourth-order valence-electron chi connectivity index (χ4n) is 2.07. The summed E-state index contributed by atoms with van der Waals surface area (Å²) >= 11 is 5.80. The van der Waals surface area contributed by atoms with E-state index < -0.39 is 0 Å². The first-order chi connectivity index (χ1) is 10.6. The summed E-state index contributed by atoms with van der Waals surface area (Å²) < 4.78 is 0. The van der Waals surface area contributed by atoms with Gasteiger partial charge in [0.2, 0.25) is 5.91 Å². The highest BCUT2D eigenvalue weighted by molar-refractivity contribution is 6.30. The molecular weight excluding hydrogens is 300 g/mol. The summed E-state index contributed by atoms with van der Waals surface area (Å²) in [5, 5.41) is 6.24. The molecule has 0 spiro atoms. The Morgan fingerprint density at radius 1 is 0.955 bits per heavy atom. The maximum atomic E-state index is 12.1. The number of amides is 2. The number of hydrogen-bond donors (Lipinski definition) is 2. The first-order valence-electron chi connectivity index (χ1n) is 7.10. The van der Waals surface area contributed by atoms with Crippen molar-refractivity contribution in [3.05, 3.63) is 59.1 Å². The number of carbonyl (C=O) groups is 2. The minimum atomic E-state index is -0.220. The van der Waals surface area contributed by atoms with Gasteiger partial charge in [0.25, 0.3) is 5.91 Å². The molecule has 0 atom stereocenters. The lowest BCUT2D eigenvalue weighted by Crippen LogP contribution is -2.14. The largest absolute Gasteiger partial charge is 0.326 e. The summed E-state index contributed by atoms with van der Waals surface area (Å²) in [5.41, 5.74) is 1.84. The molecule has 2 amide bonds. The van der Waals surface area contributed by atoms with Gasteiger partial charge in [-0.3, -0.25) is 9.59 Å². The van der Waals surface area contributed by atoms with E-state index in [1.165, 1.54) is 0 Å². The van der Waals surface area contributed by atoms with Crippen molar-refractivity contribution >= 4 is 34.8 Å². The second-order valence-corrected chi connectivity index (χ2v) is 5.74. The SMILES string of the molecule is O=C(Nc1cccc(NC(=O)C2CC2)c1)c1ccc(Cl)cc1. The number of benzene rings is 2. The molecule has 112 valence electrons. The van der Waals surface area contributed by atoms with E-state index in [-0.39, 0.29) is 17.7 Å². The van der Waals surface area contributed by atoms with E-state index in [1.54, 1.807) is 48.5 Å². The zero-order chi connectivity index (χ0) is 15.5. The van der Waals surface area contributed by atoms with Gasteiger partial charge in [-0.15, -0.1) is 0 Å². The van der Waals surface area contributed by atoms with Crippen molar-refractivity contribution in [1.29, 1.82) is 0 Å². The summed E-state index contributed by atoms with van der Waals surface area (Å²) in [4.78, 5) is 23.9. The topological polar surface area (TPSA) is 58.2 Å². The maximum Gasteiger partial charge on any atom is 0.255 e. The molecular formula is C17H15ClN2O2. The van der Waals surface area contributed by atoms with Crippen molar-refractivity contribution in [3.63, 3.8) is 0 Å². The smallest absolute Gasteiger partial charge is 0.255 e. The molecule has 4 nitrogen and oxygen atoms in total. The van der Waals surface area contributed by atoms with Crippen molar-refractivity contribution in [3.8, 4) is 0 Å². The first kappa shape index (κ1) is 14.6. The Hall–Kier alpha value is -2.33. The molecule has 1 aliphatic carbocycles. The second kappa shape index (κ2) is 6.20. The molecule has 1 saturated carbocycles. The summed E-state index contributed by atoms with van der Waals surface area (Å²) in [7, 11) is 0. The molecule has 0 unspecified atom stereocenters. The summed E-state index contributed by atoms with van der Waals surface area (Å²) in [5.74, 6) is -0.0316. The van der Waals surface area contributed by atoms with Crippen molar-refractivity contribution in [2.45, 2.75) is 12.8 Å². The number of carbonyl (C=O) groups excluding carboxylic acids is 2. The van der Waals surface area contributed by atoms with Gasteiger partial charge in [-0.2, -0.15) is 0 Å². The number of hydrogen-bond acceptors (Lipinski definition) is 2. The molecule has 2 aromatic rings. The normalized spacial score (nSPS) is 13.5. The zero-order valence-corrected chi connectivity index (χ0v) is 12.6. The van der Waals surface area contributed by atoms with Crippen molar-refractivity contribution in [1.82, 2.24) is 0 Å². The average molecular weight is 315 g/mol. The van der Waals surface area contributed by atoms with E-state index in [1.807, 2.05) is 0 Å². The van der Waals surface area contributed by atoms with Gasteiger partial charge >= 0.3 is 0 Å². The molecule has 1 aliphatic rings. The van der Waals surface area contributed by atoms with Gasteiger partial charge in [0.05, 0.1) is 0 Å². The van der Waals surface area contributed by atoms with Crippen LogP contribution in [0.1, 0.15) is 23.2 Å². The molecule has 0 aliphatic heterocycles. The molecule has 2 aromatic carbocycles. The lowest BCUT2D eigenvalue weighted by Gasteiger charge is -2.08. The number of rotatable bonds is 4. The third kappa shape index (κ3) is 3.65.